The van der Waals surface area contributed by atoms with E-state index in [9.17, 15) is 31.1 Å². The first-order chi connectivity index (χ1) is 15.4. The summed E-state index contributed by atoms with van der Waals surface area (Å²) in [6.07, 6.45) is -9.40. The molecule has 1 fully saturated rings. The Morgan fingerprint density at radius 2 is 1.55 bits per heavy atom. The molecular formula is C21H20ClF6N3O2. The number of carbonyl (C=O) groups excluding carboxylic acids is 1. The van der Waals surface area contributed by atoms with Crippen LogP contribution in [0.25, 0.3) is 0 Å². The molecule has 0 spiro atoms. The van der Waals surface area contributed by atoms with Crippen LogP contribution in [0.1, 0.15) is 11.1 Å². The molecule has 1 N–H and O–H groups in total. The second kappa shape index (κ2) is 10.2. The Balaban J connectivity index is 1.49. The molecule has 5 nitrogen and oxygen atoms in total. The minimum atomic E-state index is -4.75. The van der Waals surface area contributed by atoms with E-state index in [0.717, 1.165) is 17.7 Å². The highest BCUT2D eigenvalue weighted by Crippen LogP contribution is 2.38. The largest absolute Gasteiger partial charge is 0.573 e. The molecule has 0 bridgehead atoms. The van der Waals surface area contributed by atoms with E-state index < -0.39 is 29.7 Å². The summed E-state index contributed by atoms with van der Waals surface area (Å²) >= 11 is 5.86. The van der Waals surface area contributed by atoms with Crippen molar-refractivity contribution in [2.75, 3.05) is 38.0 Å². The Hall–Kier alpha value is -2.50. The van der Waals surface area contributed by atoms with E-state index in [1.54, 1.807) is 17.0 Å². The van der Waals surface area contributed by atoms with Gasteiger partial charge >= 0.3 is 12.5 Å². The van der Waals surface area contributed by atoms with Crippen LogP contribution < -0.4 is 10.1 Å². The molecule has 180 valence electrons. The number of hydrogen-bond donors (Lipinski definition) is 1. The number of halogens is 7. The lowest BCUT2D eigenvalue weighted by Crippen LogP contribution is -2.48. The van der Waals surface area contributed by atoms with Crippen molar-refractivity contribution < 1.29 is 35.9 Å². The van der Waals surface area contributed by atoms with Crippen molar-refractivity contribution in [3.05, 3.63) is 58.6 Å². The zero-order valence-corrected chi connectivity index (χ0v) is 17.9. The molecule has 33 heavy (non-hydrogen) atoms. The molecule has 12 heteroatoms. The number of alkyl halides is 6. The molecule has 0 aromatic heterocycles. The zero-order valence-electron chi connectivity index (χ0n) is 17.1. The summed E-state index contributed by atoms with van der Waals surface area (Å²) in [5, 5.41) is 2.07. The van der Waals surface area contributed by atoms with Crippen molar-refractivity contribution in [1.29, 1.82) is 0 Å². The van der Waals surface area contributed by atoms with Crippen LogP contribution in [-0.2, 0) is 17.5 Å². The van der Waals surface area contributed by atoms with Crippen LogP contribution in [0.5, 0.6) is 5.75 Å². The fourth-order valence-corrected chi connectivity index (χ4v) is 3.65. The molecule has 1 heterocycles. The minimum Gasteiger partial charge on any atom is -0.406 e. The van der Waals surface area contributed by atoms with Crippen LogP contribution >= 0.6 is 11.6 Å². The number of nitrogens with zero attached hydrogens (tertiary/aromatic N) is 2. The van der Waals surface area contributed by atoms with Crippen LogP contribution in [0.15, 0.2) is 42.5 Å². The highest BCUT2D eigenvalue weighted by molar-refractivity contribution is 6.34. The molecular weight excluding hydrogens is 476 g/mol. The van der Waals surface area contributed by atoms with Crippen molar-refractivity contribution in [2.45, 2.75) is 19.1 Å². The van der Waals surface area contributed by atoms with Crippen molar-refractivity contribution in [3.63, 3.8) is 0 Å². The first kappa shape index (κ1) is 25.1. The normalized spacial score (nSPS) is 16.0. The third-order valence-corrected chi connectivity index (χ3v) is 5.29. The molecule has 1 aliphatic rings. The summed E-state index contributed by atoms with van der Waals surface area (Å²) in [6, 6.07) is 8.86. The summed E-state index contributed by atoms with van der Waals surface area (Å²) in [5.74, 6) is -0.906. The third kappa shape index (κ3) is 7.51. The standard InChI is InChI=1S/C21H20ClF6N3O2/c22-17-3-1-2-16(20(23,24)25)19(17)29-18(32)13-31-10-8-30(9-11-31)12-14-4-6-15(7-5-14)33-21(26,27)28/h1-7H,8-13H2,(H,29,32). The van der Waals surface area contributed by atoms with Crippen LogP contribution in [-0.4, -0.2) is 54.8 Å². The van der Waals surface area contributed by atoms with E-state index in [-0.39, 0.29) is 17.3 Å². The Morgan fingerprint density at radius 1 is 0.939 bits per heavy atom. The number of amides is 1. The van der Waals surface area contributed by atoms with E-state index in [1.165, 1.54) is 18.2 Å². The predicted octanol–water partition coefficient (Wildman–Crippen LogP) is 5.01. The maximum absolute atomic E-state index is 13.2. The topological polar surface area (TPSA) is 44.8 Å². The van der Waals surface area contributed by atoms with Crippen molar-refractivity contribution in [1.82, 2.24) is 9.80 Å². The van der Waals surface area contributed by atoms with Gasteiger partial charge in [0.2, 0.25) is 5.91 Å². The lowest BCUT2D eigenvalue weighted by molar-refractivity contribution is -0.274. The smallest absolute Gasteiger partial charge is 0.406 e. The molecule has 3 rings (SSSR count). The first-order valence-corrected chi connectivity index (χ1v) is 10.2. The van der Waals surface area contributed by atoms with E-state index >= 15 is 0 Å². The summed E-state index contributed by atoms with van der Waals surface area (Å²) in [4.78, 5) is 16.2. The lowest BCUT2D eigenvalue weighted by Gasteiger charge is -2.34. The number of carbonyl (C=O) groups is 1. The number of para-hydroxylation sites is 1. The highest BCUT2D eigenvalue weighted by atomic mass is 35.5. The molecule has 0 atom stereocenters. The summed E-state index contributed by atoms with van der Waals surface area (Å²) in [7, 11) is 0. The predicted molar refractivity (Wildman–Crippen MR) is 110 cm³/mol. The maximum Gasteiger partial charge on any atom is 0.573 e. The van der Waals surface area contributed by atoms with Gasteiger partial charge in [0.05, 0.1) is 22.8 Å². The molecule has 1 saturated heterocycles. The van der Waals surface area contributed by atoms with Gasteiger partial charge in [-0.2, -0.15) is 13.2 Å². The number of anilines is 1. The van der Waals surface area contributed by atoms with Gasteiger partial charge in [0, 0.05) is 32.7 Å². The van der Waals surface area contributed by atoms with Gasteiger partial charge in [-0.1, -0.05) is 29.8 Å². The van der Waals surface area contributed by atoms with Crippen LogP contribution in [0.3, 0.4) is 0 Å². The lowest BCUT2D eigenvalue weighted by atomic mass is 10.1. The Labute approximate surface area is 190 Å². The van der Waals surface area contributed by atoms with Gasteiger partial charge < -0.3 is 10.1 Å². The van der Waals surface area contributed by atoms with Crippen molar-refractivity contribution >= 4 is 23.2 Å². The Bertz CT molecular complexity index is 958. The van der Waals surface area contributed by atoms with Gasteiger partial charge in [-0.3, -0.25) is 14.6 Å². The molecule has 0 saturated carbocycles. The van der Waals surface area contributed by atoms with Gasteiger partial charge in [-0.05, 0) is 29.8 Å². The molecule has 2 aromatic carbocycles. The number of piperazine rings is 1. The number of ether oxygens (including phenoxy) is 1. The molecule has 2 aromatic rings. The van der Waals surface area contributed by atoms with Gasteiger partial charge in [0.25, 0.3) is 0 Å². The number of hydrogen-bond acceptors (Lipinski definition) is 4. The van der Waals surface area contributed by atoms with E-state index in [4.69, 9.17) is 11.6 Å². The Kier molecular flexibility index (Phi) is 7.76. The minimum absolute atomic E-state index is 0.0974. The summed E-state index contributed by atoms with van der Waals surface area (Å²) in [6.45, 7) is 2.55. The Morgan fingerprint density at radius 3 is 2.12 bits per heavy atom. The quantitative estimate of drug-likeness (QED) is 0.572. The molecule has 0 unspecified atom stereocenters. The summed E-state index contributed by atoms with van der Waals surface area (Å²) in [5.41, 5.74) is -0.679. The molecule has 1 amide bonds. The monoisotopic (exact) mass is 495 g/mol. The van der Waals surface area contributed by atoms with Crippen LogP contribution in [0.4, 0.5) is 32.0 Å². The number of nitrogens with one attached hydrogen (secondary N) is 1. The fourth-order valence-electron chi connectivity index (χ4n) is 3.43. The molecule has 0 aliphatic carbocycles. The average Bonchev–Trinajstić information content (AvgIpc) is 2.70. The van der Waals surface area contributed by atoms with E-state index in [2.05, 4.69) is 15.0 Å². The van der Waals surface area contributed by atoms with E-state index in [1.807, 2.05) is 0 Å². The first-order valence-electron chi connectivity index (χ1n) is 9.86. The van der Waals surface area contributed by atoms with Gasteiger partial charge in [0.1, 0.15) is 5.75 Å². The van der Waals surface area contributed by atoms with Gasteiger partial charge in [-0.15, -0.1) is 13.2 Å². The van der Waals surface area contributed by atoms with Gasteiger partial charge in [-0.25, -0.2) is 0 Å². The second-order valence-corrected chi connectivity index (χ2v) is 7.86. The second-order valence-electron chi connectivity index (χ2n) is 7.45. The van der Waals surface area contributed by atoms with Crippen molar-refractivity contribution in [2.24, 2.45) is 0 Å². The zero-order chi connectivity index (χ0) is 24.2. The maximum atomic E-state index is 13.2. The van der Waals surface area contributed by atoms with Crippen molar-refractivity contribution in [3.8, 4) is 5.75 Å². The average molecular weight is 496 g/mol. The van der Waals surface area contributed by atoms with Crippen LogP contribution in [0.2, 0.25) is 5.02 Å². The van der Waals surface area contributed by atoms with E-state index in [0.29, 0.717) is 32.7 Å². The molecule has 0 radical (unpaired) electrons. The van der Waals surface area contributed by atoms with Gasteiger partial charge in [0.15, 0.2) is 0 Å². The molecule has 1 aliphatic heterocycles. The SMILES string of the molecule is O=C(CN1CCN(Cc2ccc(OC(F)(F)F)cc2)CC1)Nc1c(Cl)cccc1C(F)(F)F. The number of benzene rings is 2. The van der Waals surface area contributed by atoms with Crippen LogP contribution in [0, 0.1) is 0 Å². The summed E-state index contributed by atoms with van der Waals surface area (Å²) < 4.78 is 80.1. The number of rotatable bonds is 6. The fraction of sp³-hybridized carbons (Fsp3) is 0.381. The highest BCUT2D eigenvalue weighted by Gasteiger charge is 2.35. The third-order valence-electron chi connectivity index (χ3n) is 4.98.